The highest BCUT2D eigenvalue weighted by atomic mass is 16.5. The number of fused-ring (bicyclic) bond motifs is 2. The molecule has 0 radical (unpaired) electrons. The van der Waals surface area contributed by atoms with Crippen LogP contribution in [0.1, 0.15) is 31.2 Å². The summed E-state index contributed by atoms with van der Waals surface area (Å²) in [5, 5.41) is 0. The van der Waals surface area contributed by atoms with Crippen LogP contribution in [0.15, 0.2) is 24.3 Å². The number of likely N-dealkylation sites (tertiary alicyclic amines) is 2. The van der Waals surface area contributed by atoms with Gasteiger partial charge in [-0.05, 0) is 61.8 Å². The lowest BCUT2D eigenvalue weighted by molar-refractivity contribution is -0.142. The molecule has 0 N–H and O–H groups in total. The van der Waals surface area contributed by atoms with Gasteiger partial charge in [-0.2, -0.15) is 0 Å². The first-order valence-corrected chi connectivity index (χ1v) is 11.1. The van der Waals surface area contributed by atoms with E-state index in [2.05, 4.69) is 11.9 Å². The summed E-state index contributed by atoms with van der Waals surface area (Å²) in [5.74, 6) is 1.72. The molecule has 0 aromatic heterocycles. The molecule has 3 fully saturated rings. The average molecular weight is 414 g/mol. The summed E-state index contributed by atoms with van der Waals surface area (Å²) in [6, 6.07) is 7.75. The average Bonchev–Trinajstić information content (AvgIpc) is 3.23. The highest BCUT2D eigenvalue weighted by Crippen LogP contribution is 2.62. The topological polar surface area (TPSA) is 53.1 Å². The van der Waals surface area contributed by atoms with E-state index in [9.17, 15) is 9.59 Å². The van der Waals surface area contributed by atoms with Gasteiger partial charge in [0.2, 0.25) is 11.8 Å². The number of hydrogen-bond donors (Lipinski definition) is 0. The van der Waals surface area contributed by atoms with E-state index in [4.69, 9.17) is 4.74 Å². The summed E-state index contributed by atoms with van der Waals surface area (Å²) in [4.78, 5) is 32.2. The molecule has 0 bridgehead atoms. The highest BCUT2D eigenvalue weighted by molar-refractivity contribution is 5.84. The van der Waals surface area contributed by atoms with Gasteiger partial charge in [-0.15, -0.1) is 0 Å². The summed E-state index contributed by atoms with van der Waals surface area (Å²) in [7, 11) is 7.57. The van der Waals surface area contributed by atoms with Crippen LogP contribution < -0.4 is 4.74 Å². The van der Waals surface area contributed by atoms with Gasteiger partial charge in [0.1, 0.15) is 5.75 Å². The molecule has 1 aromatic carbocycles. The lowest BCUT2D eigenvalue weighted by Crippen LogP contribution is -2.49. The molecular formula is C24H35N3O3. The predicted molar refractivity (Wildman–Crippen MR) is 116 cm³/mol. The van der Waals surface area contributed by atoms with E-state index in [1.165, 1.54) is 0 Å². The number of rotatable bonds is 4. The molecule has 1 aliphatic carbocycles. The first-order chi connectivity index (χ1) is 14.3. The van der Waals surface area contributed by atoms with E-state index in [0.29, 0.717) is 18.2 Å². The second kappa shape index (κ2) is 7.88. The van der Waals surface area contributed by atoms with Crippen molar-refractivity contribution in [3.8, 4) is 5.75 Å². The van der Waals surface area contributed by atoms with Crippen molar-refractivity contribution in [1.29, 1.82) is 0 Å². The summed E-state index contributed by atoms with van der Waals surface area (Å²) in [6.45, 7) is 3.48. The van der Waals surface area contributed by atoms with Crippen LogP contribution in [0.2, 0.25) is 0 Å². The Morgan fingerprint density at radius 3 is 2.37 bits per heavy atom. The molecule has 2 atom stereocenters. The van der Waals surface area contributed by atoms with E-state index in [1.54, 1.807) is 12.0 Å². The fourth-order valence-corrected chi connectivity index (χ4v) is 6.42. The van der Waals surface area contributed by atoms with Crippen molar-refractivity contribution in [3.63, 3.8) is 0 Å². The monoisotopic (exact) mass is 413 g/mol. The van der Waals surface area contributed by atoms with Crippen molar-refractivity contribution in [1.82, 2.24) is 14.7 Å². The zero-order valence-corrected chi connectivity index (χ0v) is 18.8. The third-order valence-electron chi connectivity index (χ3n) is 7.98. The fourth-order valence-electron chi connectivity index (χ4n) is 6.42. The summed E-state index contributed by atoms with van der Waals surface area (Å²) >= 11 is 0. The molecule has 164 valence electrons. The molecule has 1 saturated carbocycles. The predicted octanol–water partition coefficient (Wildman–Crippen LogP) is 2.28. The number of hydrogen-bond acceptors (Lipinski definition) is 4. The van der Waals surface area contributed by atoms with Crippen LogP contribution in [0.3, 0.4) is 0 Å². The highest BCUT2D eigenvalue weighted by Gasteiger charge is 2.64. The Balaban J connectivity index is 1.42. The Hall–Kier alpha value is -2.08. The number of carbonyl (C=O) groups is 2. The number of piperidine rings is 1. The van der Waals surface area contributed by atoms with Crippen molar-refractivity contribution >= 4 is 11.8 Å². The Kier molecular flexibility index (Phi) is 5.56. The van der Waals surface area contributed by atoms with E-state index >= 15 is 0 Å². The number of benzene rings is 1. The van der Waals surface area contributed by atoms with Crippen molar-refractivity contribution in [2.75, 3.05) is 54.4 Å². The van der Waals surface area contributed by atoms with Gasteiger partial charge in [0.05, 0.1) is 18.9 Å². The molecule has 6 heteroatoms. The normalized spacial score (nSPS) is 27.9. The van der Waals surface area contributed by atoms with Gasteiger partial charge in [-0.1, -0.05) is 12.1 Å². The fraction of sp³-hybridized carbons (Fsp3) is 0.667. The second-order valence-corrected chi connectivity index (χ2v) is 9.87. The Morgan fingerprint density at radius 1 is 1.10 bits per heavy atom. The second-order valence-electron chi connectivity index (χ2n) is 9.87. The van der Waals surface area contributed by atoms with Crippen LogP contribution in [0.25, 0.3) is 0 Å². The van der Waals surface area contributed by atoms with Gasteiger partial charge in [-0.25, -0.2) is 0 Å². The minimum absolute atomic E-state index is 0.201. The standard InChI is InChI=1S/C24H35N3O3/c1-25(2)22(29)24-10-9-23(20(24)16-26(3)17-24)11-13-27(14-12-23)21(28)15-18-5-7-19(30-4)8-6-18/h5-8,20H,9-17H2,1-4H3/t20-,24+/m1/s1. The number of ether oxygens (including phenoxy) is 1. The molecule has 30 heavy (non-hydrogen) atoms. The molecule has 3 aliphatic rings. The van der Waals surface area contributed by atoms with E-state index in [0.717, 1.165) is 63.2 Å². The lowest BCUT2D eigenvalue weighted by Gasteiger charge is -2.44. The molecule has 1 spiro atoms. The van der Waals surface area contributed by atoms with Crippen molar-refractivity contribution < 1.29 is 14.3 Å². The minimum Gasteiger partial charge on any atom is -0.497 e. The number of methoxy groups -OCH3 is 1. The van der Waals surface area contributed by atoms with Crippen molar-refractivity contribution in [2.45, 2.75) is 32.1 Å². The SMILES string of the molecule is COc1ccc(CC(=O)N2CCC3(CC2)CC[C@]2(C(=O)N(C)C)CN(C)C[C@H]32)cc1. The van der Waals surface area contributed by atoms with Gasteiger partial charge in [0, 0.05) is 40.3 Å². The summed E-state index contributed by atoms with van der Waals surface area (Å²) < 4.78 is 5.20. The largest absolute Gasteiger partial charge is 0.497 e. The zero-order chi connectivity index (χ0) is 21.5. The lowest BCUT2D eigenvalue weighted by atomic mass is 9.65. The van der Waals surface area contributed by atoms with Crippen molar-refractivity contribution in [2.24, 2.45) is 16.7 Å². The molecular weight excluding hydrogens is 378 g/mol. The molecule has 2 aliphatic heterocycles. The molecule has 1 aromatic rings. The molecule has 2 saturated heterocycles. The maximum atomic E-state index is 13.2. The molecule has 6 nitrogen and oxygen atoms in total. The van der Waals surface area contributed by atoms with Crippen LogP contribution in [0.5, 0.6) is 5.75 Å². The molecule has 4 rings (SSSR count). The summed E-state index contributed by atoms with van der Waals surface area (Å²) in [5.41, 5.74) is 0.996. The summed E-state index contributed by atoms with van der Waals surface area (Å²) in [6.07, 6.45) is 4.57. The van der Waals surface area contributed by atoms with Crippen LogP contribution in [-0.4, -0.2) is 80.9 Å². The number of carbonyl (C=O) groups excluding carboxylic acids is 2. The Morgan fingerprint density at radius 2 is 1.77 bits per heavy atom. The minimum atomic E-state index is -0.229. The quantitative estimate of drug-likeness (QED) is 0.760. The van der Waals surface area contributed by atoms with Gasteiger partial charge in [-0.3, -0.25) is 9.59 Å². The third-order valence-corrected chi connectivity index (χ3v) is 7.98. The Labute approximate surface area is 180 Å². The van der Waals surface area contributed by atoms with E-state index in [-0.39, 0.29) is 16.7 Å². The number of amides is 2. The van der Waals surface area contributed by atoms with Gasteiger partial charge in [0.15, 0.2) is 0 Å². The van der Waals surface area contributed by atoms with Crippen LogP contribution in [0.4, 0.5) is 0 Å². The van der Waals surface area contributed by atoms with E-state index < -0.39 is 0 Å². The van der Waals surface area contributed by atoms with Gasteiger partial charge < -0.3 is 19.4 Å². The van der Waals surface area contributed by atoms with Crippen LogP contribution >= 0.6 is 0 Å². The third kappa shape index (κ3) is 3.49. The maximum Gasteiger partial charge on any atom is 0.229 e. The van der Waals surface area contributed by atoms with Gasteiger partial charge in [0.25, 0.3) is 0 Å². The van der Waals surface area contributed by atoms with Crippen molar-refractivity contribution in [3.05, 3.63) is 29.8 Å². The molecule has 2 amide bonds. The van der Waals surface area contributed by atoms with Gasteiger partial charge >= 0.3 is 0 Å². The first kappa shape index (κ1) is 21.2. The molecule has 2 heterocycles. The maximum absolute atomic E-state index is 13.2. The smallest absolute Gasteiger partial charge is 0.229 e. The first-order valence-electron chi connectivity index (χ1n) is 11.1. The van der Waals surface area contributed by atoms with Crippen LogP contribution in [0, 0.1) is 16.7 Å². The van der Waals surface area contributed by atoms with Crippen LogP contribution in [-0.2, 0) is 16.0 Å². The number of nitrogens with zero attached hydrogens (tertiary/aromatic N) is 3. The van der Waals surface area contributed by atoms with E-state index in [1.807, 2.05) is 43.3 Å². The zero-order valence-electron chi connectivity index (χ0n) is 18.8. The molecule has 0 unspecified atom stereocenters. The Bertz CT molecular complexity index is 798.